The summed E-state index contributed by atoms with van der Waals surface area (Å²) < 4.78 is 5.69. The Morgan fingerprint density at radius 1 is 1.40 bits per heavy atom. The van der Waals surface area contributed by atoms with E-state index in [9.17, 15) is 9.90 Å². The number of benzene rings is 1. The largest absolute Gasteiger partial charge is 0.480 e. The molecule has 1 atom stereocenters. The van der Waals surface area contributed by atoms with Gasteiger partial charge in [-0.25, -0.2) is 0 Å². The lowest BCUT2D eigenvalue weighted by Crippen LogP contribution is -2.36. The van der Waals surface area contributed by atoms with Crippen LogP contribution >= 0.6 is 0 Å². The van der Waals surface area contributed by atoms with E-state index in [0.29, 0.717) is 13.0 Å². The maximum Gasteiger partial charge on any atom is 0.320 e. The Morgan fingerprint density at radius 3 is 2.85 bits per heavy atom. The van der Waals surface area contributed by atoms with Crippen LogP contribution in [0.1, 0.15) is 37.5 Å². The van der Waals surface area contributed by atoms with Crippen molar-refractivity contribution in [2.45, 2.75) is 45.7 Å². The first-order valence-corrected chi connectivity index (χ1v) is 7.06. The number of carbonyl (C=O) groups is 1. The first-order valence-electron chi connectivity index (χ1n) is 7.06. The summed E-state index contributed by atoms with van der Waals surface area (Å²) in [4.78, 5) is 11.2. The number of hydrogen-bond donors (Lipinski definition) is 2. The molecule has 2 rings (SSSR count). The van der Waals surface area contributed by atoms with Gasteiger partial charge < -0.3 is 14.8 Å². The van der Waals surface area contributed by atoms with Gasteiger partial charge in [0.05, 0.1) is 0 Å². The number of rotatable bonds is 7. The van der Waals surface area contributed by atoms with Crippen molar-refractivity contribution in [2.75, 3.05) is 0 Å². The molecule has 0 spiro atoms. The maximum absolute atomic E-state index is 11.2. The normalized spacial score (nSPS) is 12.7. The molecule has 0 saturated carbocycles. The smallest absolute Gasteiger partial charge is 0.320 e. The molecule has 1 aromatic heterocycles. The monoisotopic (exact) mass is 275 g/mol. The van der Waals surface area contributed by atoms with Crippen LogP contribution in [0.25, 0.3) is 11.0 Å². The average Bonchev–Trinajstić information content (AvgIpc) is 2.74. The van der Waals surface area contributed by atoms with Crippen LogP contribution in [0, 0.1) is 6.92 Å². The van der Waals surface area contributed by atoms with E-state index in [2.05, 4.69) is 12.2 Å². The van der Waals surface area contributed by atoms with Crippen LogP contribution in [0.2, 0.25) is 0 Å². The van der Waals surface area contributed by atoms with Gasteiger partial charge in [-0.3, -0.25) is 4.79 Å². The highest BCUT2D eigenvalue weighted by atomic mass is 16.4. The van der Waals surface area contributed by atoms with Gasteiger partial charge >= 0.3 is 5.97 Å². The predicted molar refractivity (Wildman–Crippen MR) is 78.7 cm³/mol. The number of fused-ring (bicyclic) bond motifs is 1. The molecule has 1 heterocycles. The fourth-order valence-corrected chi connectivity index (χ4v) is 2.39. The summed E-state index contributed by atoms with van der Waals surface area (Å²) in [6.45, 7) is 4.50. The van der Waals surface area contributed by atoms with E-state index in [4.69, 9.17) is 4.42 Å². The average molecular weight is 275 g/mol. The third kappa shape index (κ3) is 3.20. The molecular formula is C16H21NO3. The highest BCUT2D eigenvalue weighted by Crippen LogP contribution is 2.25. The molecule has 0 aliphatic rings. The minimum atomic E-state index is -0.788. The number of unbranched alkanes of at least 4 members (excludes halogenated alkanes) is 1. The van der Waals surface area contributed by atoms with Crippen LogP contribution in [0.15, 0.2) is 28.7 Å². The van der Waals surface area contributed by atoms with Crippen LogP contribution < -0.4 is 5.32 Å². The standard InChI is InChI=1S/C16H21NO3/c1-3-4-8-14(16(18)19)17-10-13-11(2)20-15-9-6-5-7-12(13)15/h5-7,9,14,17H,3-4,8,10H2,1-2H3,(H,18,19)/t14-/m0/s1. The number of para-hydroxylation sites is 1. The quantitative estimate of drug-likeness (QED) is 0.812. The van der Waals surface area contributed by atoms with Gasteiger partial charge in [0, 0.05) is 17.5 Å². The Hall–Kier alpha value is -1.81. The molecule has 0 bridgehead atoms. The highest BCUT2D eigenvalue weighted by molar-refractivity contribution is 5.82. The van der Waals surface area contributed by atoms with Crippen molar-refractivity contribution in [1.29, 1.82) is 0 Å². The number of aryl methyl sites for hydroxylation is 1. The minimum Gasteiger partial charge on any atom is -0.480 e. The van der Waals surface area contributed by atoms with Crippen molar-refractivity contribution in [3.8, 4) is 0 Å². The Labute approximate surface area is 118 Å². The summed E-state index contributed by atoms with van der Waals surface area (Å²) >= 11 is 0. The SMILES string of the molecule is CCCC[C@H](NCc1c(C)oc2ccccc12)C(=O)O. The van der Waals surface area contributed by atoms with Gasteiger partial charge in [0.1, 0.15) is 17.4 Å². The Morgan fingerprint density at radius 2 is 2.15 bits per heavy atom. The predicted octanol–water partition coefficient (Wildman–Crippen LogP) is 3.47. The van der Waals surface area contributed by atoms with Gasteiger partial charge in [-0.1, -0.05) is 38.0 Å². The van der Waals surface area contributed by atoms with E-state index in [-0.39, 0.29) is 0 Å². The van der Waals surface area contributed by atoms with E-state index in [0.717, 1.165) is 35.1 Å². The number of hydrogen-bond acceptors (Lipinski definition) is 3. The second-order valence-electron chi connectivity index (χ2n) is 5.05. The second kappa shape index (κ2) is 6.57. The third-order valence-electron chi connectivity index (χ3n) is 3.57. The van der Waals surface area contributed by atoms with Crippen molar-refractivity contribution >= 4 is 16.9 Å². The summed E-state index contributed by atoms with van der Waals surface area (Å²) in [6, 6.07) is 7.33. The highest BCUT2D eigenvalue weighted by Gasteiger charge is 2.18. The summed E-state index contributed by atoms with van der Waals surface area (Å²) in [5.74, 6) is 0.0576. The van der Waals surface area contributed by atoms with E-state index >= 15 is 0 Å². The topological polar surface area (TPSA) is 62.5 Å². The molecule has 0 radical (unpaired) electrons. The number of aliphatic carboxylic acids is 1. The van der Waals surface area contributed by atoms with Gasteiger partial charge in [-0.2, -0.15) is 0 Å². The zero-order valence-electron chi connectivity index (χ0n) is 12.0. The molecule has 2 N–H and O–H groups in total. The van der Waals surface area contributed by atoms with Crippen molar-refractivity contribution in [2.24, 2.45) is 0 Å². The molecule has 4 heteroatoms. The number of carboxylic acid groups (broad SMARTS) is 1. The summed E-state index contributed by atoms with van der Waals surface area (Å²) in [5, 5.41) is 13.4. The zero-order valence-corrected chi connectivity index (χ0v) is 12.0. The molecule has 108 valence electrons. The number of carboxylic acids is 1. The molecule has 2 aromatic rings. The van der Waals surface area contributed by atoms with E-state index in [1.54, 1.807) is 0 Å². The summed E-state index contributed by atoms with van der Waals surface area (Å²) in [7, 11) is 0. The van der Waals surface area contributed by atoms with Gasteiger partial charge in [0.15, 0.2) is 0 Å². The molecule has 0 unspecified atom stereocenters. The van der Waals surface area contributed by atoms with Gasteiger partial charge in [0.25, 0.3) is 0 Å². The first kappa shape index (κ1) is 14.6. The first-order chi connectivity index (χ1) is 9.63. The van der Waals surface area contributed by atoms with Crippen LogP contribution in [-0.4, -0.2) is 17.1 Å². The second-order valence-corrected chi connectivity index (χ2v) is 5.05. The summed E-state index contributed by atoms with van der Waals surface area (Å²) in [6.07, 6.45) is 2.56. The Kier molecular flexibility index (Phi) is 4.79. The summed E-state index contributed by atoms with van der Waals surface area (Å²) in [5.41, 5.74) is 1.89. The van der Waals surface area contributed by atoms with E-state index in [1.165, 1.54) is 0 Å². The van der Waals surface area contributed by atoms with Crippen molar-refractivity contribution in [3.63, 3.8) is 0 Å². The van der Waals surface area contributed by atoms with E-state index < -0.39 is 12.0 Å². The van der Waals surface area contributed by atoms with Crippen LogP contribution in [-0.2, 0) is 11.3 Å². The molecule has 4 nitrogen and oxygen atoms in total. The van der Waals surface area contributed by atoms with Crippen LogP contribution in [0.5, 0.6) is 0 Å². The molecule has 0 fully saturated rings. The Bertz CT molecular complexity index is 588. The lowest BCUT2D eigenvalue weighted by atomic mass is 10.1. The molecular weight excluding hydrogens is 254 g/mol. The Balaban J connectivity index is 2.11. The van der Waals surface area contributed by atoms with E-state index in [1.807, 2.05) is 31.2 Å². The van der Waals surface area contributed by atoms with Crippen LogP contribution in [0.4, 0.5) is 0 Å². The lowest BCUT2D eigenvalue weighted by molar-refractivity contribution is -0.139. The number of nitrogens with one attached hydrogen (secondary N) is 1. The fourth-order valence-electron chi connectivity index (χ4n) is 2.39. The molecule has 0 amide bonds. The van der Waals surface area contributed by atoms with Crippen molar-refractivity contribution in [3.05, 3.63) is 35.6 Å². The lowest BCUT2D eigenvalue weighted by Gasteiger charge is -2.13. The third-order valence-corrected chi connectivity index (χ3v) is 3.57. The van der Waals surface area contributed by atoms with Gasteiger partial charge in [-0.15, -0.1) is 0 Å². The van der Waals surface area contributed by atoms with Gasteiger partial charge in [-0.05, 0) is 19.4 Å². The zero-order chi connectivity index (χ0) is 14.5. The van der Waals surface area contributed by atoms with Crippen molar-refractivity contribution < 1.29 is 14.3 Å². The number of furan rings is 1. The fraction of sp³-hybridized carbons (Fsp3) is 0.438. The van der Waals surface area contributed by atoms with Crippen molar-refractivity contribution in [1.82, 2.24) is 5.32 Å². The minimum absolute atomic E-state index is 0.497. The molecule has 0 saturated heterocycles. The molecule has 0 aliphatic heterocycles. The molecule has 1 aromatic carbocycles. The van der Waals surface area contributed by atoms with Crippen LogP contribution in [0.3, 0.4) is 0 Å². The van der Waals surface area contributed by atoms with Gasteiger partial charge in [0.2, 0.25) is 0 Å². The molecule has 0 aliphatic carbocycles. The molecule has 20 heavy (non-hydrogen) atoms. The maximum atomic E-state index is 11.2.